The molecule has 0 amide bonds. The van der Waals surface area contributed by atoms with Crippen LogP contribution in [0.1, 0.15) is 58.4 Å². The van der Waals surface area contributed by atoms with Gasteiger partial charge in [0.05, 0.1) is 5.56 Å². The van der Waals surface area contributed by atoms with E-state index in [1.54, 1.807) is 4.57 Å². The first-order valence-corrected chi connectivity index (χ1v) is 8.01. The second-order valence-electron chi connectivity index (χ2n) is 4.72. The Morgan fingerprint density at radius 1 is 1.32 bits per heavy atom. The first kappa shape index (κ1) is 16.1. The largest absolute Gasteiger partial charge is 0.493 e. The quantitative estimate of drug-likeness (QED) is 0.616. The fraction of sp³-hybridized carbons (Fsp3) is 0.714. The normalized spacial score (nSPS) is 12.6. The Morgan fingerprint density at radius 3 is 2.53 bits per heavy atom. The molecule has 0 aliphatic carbocycles. The summed E-state index contributed by atoms with van der Waals surface area (Å²) < 4.78 is 1.67. The molecule has 0 radical (unpaired) electrons. The molecule has 1 N–H and O–H groups in total. The Bertz CT molecular complexity index is 471. The third kappa shape index (κ3) is 3.75. The molecule has 0 aliphatic heterocycles. The van der Waals surface area contributed by atoms with Gasteiger partial charge in [-0.25, -0.2) is 0 Å². The number of thioether (sulfide) groups is 1. The minimum Gasteiger partial charge on any atom is -0.493 e. The van der Waals surface area contributed by atoms with E-state index in [9.17, 15) is 9.90 Å². The zero-order valence-electron chi connectivity index (χ0n) is 12.3. The lowest BCUT2D eigenvalue weighted by Crippen LogP contribution is -2.27. The highest BCUT2D eigenvalue weighted by Crippen LogP contribution is 2.27. The maximum absolute atomic E-state index is 12.5. The van der Waals surface area contributed by atoms with Gasteiger partial charge in [-0.15, -0.1) is 0 Å². The minimum atomic E-state index is -0.0887. The summed E-state index contributed by atoms with van der Waals surface area (Å²) >= 11 is 1.53. The summed E-state index contributed by atoms with van der Waals surface area (Å²) in [5, 5.41) is 10.7. The first-order chi connectivity index (χ1) is 9.06. The Hall–Kier alpha value is -0.970. The molecule has 108 valence electrons. The second-order valence-corrected chi connectivity index (χ2v) is 5.78. The molecule has 4 nitrogen and oxygen atoms in total. The summed E-state index contributed by atoms with van der Waals surface area (Å²) in [6.07, 6.45) is 2.88. The average molecular weight is 284 g/mol. The van der Waals surface area contributed by atoms with Gasteiger partial charge in [0, 0.05) is 12.3 Å². The molecule has 0 saturated carbocycles. The number of hydrogen-bond acceptors (Lipinski definition) is 4. The van der Waals surface area contributed by atoms with Crippen molar-refractivity contribution in [3.8, 4) is 5.88 Å². The van der Waals surface area contributed by atoms with Gasteiger partial charge in [-0.1, -0.05) is 39.0 Å². The third-order valence-electron chi connectivity index (χ3n) is 3.11. The van der Waals surface area contributed by atoms with Crippen LogP contribution >= 0.6 is 11.8 Å². The van der Waals surface area contributed by atoms with Crippen molar-refractivity contribution in [2.24, 2.45) is 0 Å². The molecule has 5 heteroatoms. The molecule has 0 aromatic carbocycles. The lowest BCUT2D eigenvalue weighted by Gasteiger charge is -2.16. The number of rotatable bonds is 7. The van der Waals surface area contributed by atoms with Crippen molar-refractivity contribution in [2.45, 2.75) is 64.6 Å². The highest BCUT2D eigenvalue weighted by Gasteiger charge is 2.20. The first-order valence-electron chi connectivity index (χ1n) is 7.03. The molecule has 1 atom stereocenters. The van der Waals surface area contributed by atoms with Gasteiger partial charge in [0.25, 0.3) is 5.56 Å². The fourth-order valence-corrected chi connectivity index (χ4v) is 3.04. The number of nitrogens with zero attached hydrogens (tertiary/aromatic N) is 2. The van der Waals surface area contributed by atoms with Gasteiger partial charge in [0.15, 0.2) is 5.16 Å². The van der Waals surface area contributed by atoms with Crippen molar-refractivity contribution in [1.82, 2.24) is 9.55 Å². The third-order valence-corrected chi connectivity index (χ3v) is 4.30. The van der Waals surface area contributed by atoms with Crippen molar-refractivity contribution in [2.75, 3.05) is 5.75 Å². The molecule has 0 aliphatic rings. The van der Waals surface area contributed by atoms with E-state index in [1.807, 2.05) is 13.8 Å². The molecule has 1 heterocycles. The monoisotopic (exact) mass is 284 g/mol. The molecule has 1 rings (SSSR count). The zero-order chi connectivity index (χ0) is 14.4. The maximum Gasteiger partial charge on any atom is 0.261 e. The summed E-state index contributed by atoms with van der Waals surface area (Å²) in [5.41, 5.74) is 0.374. The van der Waals surface area contributed by atoms with Crippen LogP contribution in [0.4, 0.5) is 0 Å². The van der Waals surface area contributed by atoms with Crippen LogP contribution in [0.3, 0.4) is 0 Å². The van der Waals surface area contributed by atoms with Gasteiger partial charge < -0.3 is 5.11 Å². The fourth-order valence-electron chi connectivity index (χ4n) is 2.13. The summed E-state index contributed by atoms with van der Waals surface area (Å²) in [6, 6.07) is 0. The van der Waals surface area contributed by atoms with E-state index in [1.165, 1.54) is 11.8 Å². The van der Waals surface area contributed by atoms with E-state index >= 15 is 0 Å². The average Bonchev–Trinajstić information content (AvgIpc) is 2.36. The van der Waals surface area contributed by atoms with Gasteiger partial charge in [-0.2, -0.15) is 4.98 Å². The van der Waals surface area contributed by atoms with E-state index in [2.05, 4.69) is 18.8 Å². The van der Waals surface area contributed by atoms with Gasteiger partial charge >= 0.3 is 0 Å². The van der Waals surface area contributed by atoms with Crippen LogP contribution in [0.15, 0.2) is 9.95 Å². The molecule has 0 unspecified atom stereocenters. The zero-order valence-corrected chi connectivity index (χ0v) is 13.1. The van der Waals surface area contributed by atoms with Crippen molar-refractivity contribution in [1.29, 1.82) is 0 Å². The standard InChI is InChI=1S/C14H24N2O2S/c1-5-8-10(4)11-12(17)15-14(19-9-6-2)16(7-3)13(11)18/h10,17H,5-9H2,1-4H3/t10-/m1/s1. The molecular weight excluding hydrogens is 260 g/mol. The highest BCUT2D eigenvalue weighted by molar-refractivity contribution is 7.99. The predicted molar refractivity (Wildman–Crippen MR) is 80.2 cm³/mol. The van der Waals surface area contributed by atoms with E-state index in [4.69, 9.17) is 0 Å². The maximum atomic E-state index is 12.5. The van der Waals surface area contributed by atoms with E-state index in [0.717, 1.165) is 25.0 Å². The highest BCUT2D eigenvalue weighted by atomic mass is 32.2. The lowest BCUT2D eigenvalue weighted by molar-refractivity contribution is 0.415. The summed E-state index contributed by atoms with van der Waals surface area (Å²) in [7, 11) is 0. The van der Waals surface area contributed by atoms with Gasteiger partial charge in [-0.05, 0) is 25.7 Å². The van der Waals surface area contributed by atoms with Crippen LogP contribution in [0.2, 0.25) is 0 Å². The molecule has 0 bridgehead atoms. The topological polar surface area (TPSA) is 55.1 Å². The molecule has 1 aromatic rings. The molecule has 1 aromatic heterocycles. The Balaban J connectivity index is 3.25. The van der Waals surface area contributed by atoms with Crippen molar-refractivity contribution >= 4 is 11.8 Å². The van der Waals surface area contributed by atoms with Crippen LogP contribution in [-0.2, 0) is 6.54 Å². The van der Waals surface area contributed by atoms with Crippen LogP contribution < -0.4 is 5.56 Å². The number of aromatic hydroxyl groups is 1. The van der Waals surface area contributed by atoms with E-state index in [-0.39, 0.29) is 17.4 Å². The Kier molecular flexibility index (Phi) is 6.42. The van der Waals surface area contributed by atoms with Gasteiger partial charge in [0.1, 0.15) is 0 Å². The van der Waals surface area contributed by atoms with E-state index in [0.29, 0.717) is 17.3 Å². The summed E-state index contributed by atoms with van der Waals surface area (Å²) in [5.74, 6) is 0.859. The Labute approximate surface area is 119 Å². The van der Waals surface area contributed by atoms with Gasteiger partial charge in [0.2, 0.25) is 5.88 Å². The SMILES string of the molecule is CCCSc1nc(O)c([C@H](C)CCC)c(=O)n1CC. The number of aromatic nitrogens is 2. The molecule has 0 saturated heterocycles. The molecule has 0 fully saturated rings. The minimum absolute atomic E-state index is 0.0491. The van der Waals surface area contributed by atoms with Crippen LogP contribution in [0.5, 0.6) is 5.88 Å². The second kappa shape index (κ2) is 7.58. The lowest BCUT2D eigenvalue weighted by atomic mass is 9.98. The smallest absolute Gasteiger partial charge is 0.261 e. The summed E-state index contributed by atoms with van der Waals surface area (Å²) in [4.78, 5) is 16.7. The number of hydrogen-bond donors (Lipinski definition) is 1. The van der Waals surface area contributed by atoms with E-state index < -0.39 is 0 Å². The molecular formula is C14H24N2O2S. The Morgan fingerprint density at radius 2 is 2.00 bits per heavy atom. The van der Waals surface area contributed by atoms with Crippen LogP contribution in [-0.4, -0.2) is 20.4 Å². The molecule has 19 heavy (non-hydrogen) atoms. The van der Waals surface area contributed by atoms with Crippen molar-refractivity contribution in [3.05, 3.63) is 15.9 Å². The van der Waals surface area contributed by atoms with Crippen LogP contribution in [0, 0.1) is 0 Å². The van der Waals surface area contributed by atoms with Crippen molar-refractivity contribution < 1.29 is 5.11 Å². The van der Waals surface area contributed by atoms with Crippen LogP contribution in [0.25, 0.3) is 0 Å². The summed E-state index contributed by atoms with van der Waals surface area (Å²) in [6.45, 7) is 8.65. The van der Waals surface area contributed by atoms with Gasteiger partial charge in [-0.3, -0.25) is 9.36 Å². The predicted octanol–water partition coefficient (Wildman–Crippen LogP) is 3.37. The van der Waals surface area contributed by atoms with Crippen molar-refractivity contribution in [3.63, 3.8) is 0 Å². The molecule has 0 spiro atoms.